The fraction of sp³-hybridized carbons (Fsp3) is 0.875. The first-order chi connectivity index (χ1) is 7.00. The highest BCUT2D eigenvalue weighted by Gasteiger charge is 2.61. The molecule has 96 valence electrons. The Morgan fingerprint density at radius 3 is 2.00 bits per heavy atom. The van der Waals surface area contributed by atoms with E-state index >= 15 is 0 Å². The standard InChI is InChI=1S/C8H18N2O5S/c1-10(2,3)8(7(11)12,5-4-6-9)16(13,14)15/h4-6,9H2,1-3H3,(H-,11,12,13,14,15)/p+1. The number of hydrogen-bond acceptors (Lipinski definition) is 4. The molecule has 0 saturated carbocycles. The number of nitrogens with zero attached hydrogens (tertiary/aromatic N) is 1. The van der Waals surface area contributed by atoms with Crippen LogP contribution in [0.4, 0.5) is 0 Å². The summed E-state index contributed by atoms with van der Waals surface area (Å²) in [5.74, 6) is -1.57. The van der Waals surface area contributed by atoms with Gasteiger partial charge in [-0.05, 0) is 13.0 Å². The molecule has 0 aliphatic carbocycles. The molecule has 0 aromatic rings. The van der Waals surface area contributed by atoms with Gasteiger partial charge in [0, 0.05) is 6.42 Å². The molecule has 0 rings (SSSR count). The molecule has 0 aliphatic rings. The zero-order valence-corrected chi connectivity index (χ0v) is 10.5. The maximum Gasteiger partial charge on any atom is 0.384 e. The first-order valence-corrected chi connectivity index (χ1v) is 6.16. The van der Waals surface area contributed by atoms with Crippen LogP contribution < -0.4 is 5.73 Å². The number of carboxylic acid groups (broad SMARTS) is 1. The van der Waals surface area contributed by atoms with Crippen molar-refractivity contribution in [1.29, 1.82) is 0 Å². The third-order valence-electron chi connectivity index (χ3n) is 2.56. The minimum atomic E-state index is -4.74. The van der Waals surface area contributed by atoms with E-state index in [0.717, 1.165) is 0 Å². The van der Waals surface area contributed by atoms with Crippen LogP contribution in [0.1, 0.15) is 12.8 Å². The van der Waals surface area contributed by atoms with Gasteiger partial charge in [0.25, 0.3) is 0 Å². The number of hydrogen-bond donors (Lipinski definition) is 3. The van der Waals surface area contributed by atoms with Crippen LogP contribution in [-0.4, -0.2) is 61.1 Å². The third kappa shape index (κ3) is 2.51. The summed E-state index contributed by atoms with van der Waals surface area (Å²) in [4.78, 5) is 8.95. The summed E-state index contributed by atoms with van der Waals surface area (Å²) in [5.41, 5.74) is 5.25. The van der Waals surface area contributed by atoms with Crippen molar-refractivity contribution in [3.8, 4) is 0 Å². The maximum atomic E-state index is 11.4. The highest BCUT2D eigenvalue weighted by Crippen LogP contribution is 2.30. The molecule has 8 heteroatoms. The Hall–Kier alpha value is -0.700. The van der Waals surface area contributed by atoms with E-state index in [2.05, 4.69) is 0 Å². The number of rotatable bonds is 6. The number of nitrogens with two attached hydrogens (primary N) is 1. The van der Waals surface area contributed by atoms with E-state index in [4.69, 9.17) is 10.8 Å². The smallest absolute Gasteiger partial charge is 0.384 e. The van der Waals surface area contributed by atoms with Gasteiger partial charge in [0.05, 0.1) is 21.1 Å². The van der Waals surface area contributed by atoms with E-state index in [1.807, 2.05) is 0 Å². The Morgan fingerprint density at radius 1 is 1.38 bits per heavy atom. The van der Waals surface area contributed by atoms with Gasteiger partial charge in [0.15, 0.2) is 0 Å². The summed E-state index contributed by atoms with van der Waals surface area (Å²) in [6.07, 6.45) is -0.0389. The van der Waals surface area contributed by atoms with Crippen molar-refractivity contribution >= 4 is 16.1 Å². The summed E-state index contributed by atoms with van der Waals surface area (Å²) in [5, 5.41) is 9.13. The summed E-state index contributed by atoms with van der Waals surface area (Å²) >= 11 is 0. The number of aliphatic carboxylic acids is 1. The second kappa shape index (κ2) is 4.66. The summed E-state index contributed by atoms with van der Waals surface area (Å²) < 4.78 is 31.5. The first kappa shape index (κ1) is 15.3. The van der Waals surface area contributed by atoms with Crippen molar-refractivity contribution in [2.24, 2.45) is 5.73 Å². The molecule has 4 N–H and O–H groups in total. The number of carboxylic acids is 1. The lowest BCUT2D eigenvalue weighted by Gasteiger charge is -2.39. The number of carbonyl (C=O) groups is 1. The van der Waals surface area contributed by atoms with Crippen LogP contribution in [0.5, 0.6) is 0 Å². The van der Waals surface area contributed by atoms with E-state index in [9.17, 15) is 17.8 Å². The Morgan fingerprint density at radius 2 is 1.81 bits per heavy atom. The minimum Gasteiger partial charge on any atom is -0.476 e. The van der Waals surface area contributed by atoms with Crippen molar-refractivity contribution in [2.75, 3.05) is 27.7 Å². The fourth-order valence-electron chi connectivity index (χ4n) is 1.66. The van der Waals surface area contributed by atoms with Gasteiger partial charge >= 0.3 is 21.0 Å². The number of likely N-dealkylation sites (N-methyl/N-ethyl adjacent to an activating group) is 1. The van der Waals surface area contributed by atoms with Crippen LogP contribution in [0.3, 0.4) is 0 Å². The van der Waals surface area contributed by atoms with Crippen molar-refractivity contribution in [3.63, 3.8) is 0 Å². The SMILES string of the molecule is C[N+](C)(C)C(CCCN)(C(=O)O)S(=O)(=O)O. The lowest BCUT2D eigenvalue weighted by Crippen LogP contribution is -2.66. The molecule has 7 nitrogen and oxygen atoms in total. The minimum absolute atomic E-state index is 0.157. The van der Waals surface area contributed by atoms with Crippen molar-refractivity contribution in [3.05, 3.63) is 0 Å². The van der Waals surface area contributed by atoms with E-state index < -0.39 is 25.4 Å². The molecular weight excluding hydrogens is 236 g/mol. The zero-order chi connectivity index (χ0) is 13.2. The third-order valence-corrected chi connectivity index (χ3v) is 4.34. The first-order valence-electron chi connectivity index (χ1n) is 4.72. The van der Waals surface area contributed by atoms with Crippen LogP contribution in [0.25, 0.3) is 0 Å². The normalized spacial score (nSPS) is 16.8. The Balaban J connectivity index is 5.72. The van der Waals surface area contributed by atoms with Crippen LogP contribution >= 0.6 is 0 Å². The molecule has 1 atom stereocenters. The van der Waals surface area contributed by atoms with Crippen LogP contribution in [0.2, 0.25) is 0 Å². The molecule has 0 aliphatic heterocycles. The molecule has 16 heavy (non-hydrogen) atoms. The van der Waals surface area contributed by atoms with Gasteiger partial charge in [-0.2, -0.15) is 8.42 Å². The van der Waals surface area contributed by atoms with Crippen LogP contribution in [0, 0.1) is 0 Å². The monoisotopic (exact) mass is 255 g/mol. The quantitative estimate of drug-likeness (QED) is 0.418. The lowest BCUT2D eigenvalue weighted by molar-refractivity contribution is -0.899. The van der Waals surface area contributed by atoms with Gasteiger partial charge in [-0.15, -0.1) is 0 Å². The van der Waals surface area contributed by atoms with Crippen molar-refractivity contribution < 1.29 is 27.4 Å². The summed E-state index contributed by atoms with van der Waals surface area (Å²) in [7, 11) is -0.535. The molecule has 0 spiro atoms. The summed E-state index contributed by atoms with van der Waals surface area (Å²) in [6, 6.07) is 0. The van der Waals surface area contributed by atoms with Gasteiger partial charge < -0.3 is 15.3 Å². The molecule has 0 radical (unpaired) electrons. The molecule has 0 saturated heterocycles. The predicted octanol–water partition coefficient (Wildman–Crippen LogP) is -0.900. The fourth-order valence-corrected chi connectivity index (χ4v) is 2.97. The van der Waals surface area contributed by atoms with Gasteiger partial charge in [0.1, 0.15) is 0 Å². The van der Waals surface area contributed by atoms with Crippen molar-refractivity contribution in [2.45, 2.75) is 17.7 Å². The highest BCUT2D eigenvalue weighted by molar-refractivity contribution is 7.87. The molecule has 0 bridgehead atoms. The van der Waals surface area contributed by atoms with E-state index in [0.29, 0.717) is 0 Å². The molecule has 0 aromatic carbocycles. The van der Waals surface area contributed by atoms with Crippen LogP contribution in [-0.2, 0) is 14.9 Å². The average Bonchev–Trinajstić information content (AvgIpc) is 1.99. The van der Waals surface area contributed by atoms with Crippen LogP contribution in [0.15, 0.2) is 0 Å². The predicted molar refractivity (Wildman–Crippen MR) is 58.2 cm³/mol. The molecule has 0 fully saturated rings. The molecule has 0 aromatic heterocycles. The van der Waals surface area contributed by atoms with Gasteiger partial charge in [-0.1, -0.05) is 0 Å². The molecule has 0 amide bonds. The second-order valence-electron chi connectivity index (χ2n) is 4.47. The molecular formula is C8H19N2O5S+. The summed E-state index contributed by atoms with van der Waals surface area (Å²) in [6.45, 7) is 0.157. The van der Waals surface area contributed by atoms with Gasteiger partial charge in [-0.3, -0.25) is 4.55 Å². The van der Waals surface area contributed by atoms with E-state index in [1.54, 1.807) is 0 Å². The largest absolute Gasteiger partial charge is 0.476 e. The van der Waals surface area contributed by atoms with E-state index in [-0.39, 0.29) is 19.4 Å². The molecule has 0 heterocycles. The second-order valence-corrected chi connectivity index (χ2v) is 6.09. The Labute approximate surface area is 95.2 Å². The van der Waals surface area contributed by atoms with Gasteiger partial charge in [-0.25, -0.2) is 4.79 Å². The van der Waals surface area contributed by atoms with Crippen molar-refractivity contribution in [1.82, 2.24) is 0 Å². The van der Waals surface area contributed by atoms with E-state index in [1.165, 1.54) is 21.1 Å². The maximum absolute atomic E-state index is 11.4. The molecule has 1 unspecified atom stereocenters. The van der Waals surface area contributed by atoms with Gasteiger partial charge in [0.2, 0.25) is 0 Å². The lowest BCUT2D eigenvalue weighted by atomic mass is 10.1. The Bertz CT molecular complexity index is 359. The Kier molecular flexibility index (Phi) is 4.46. The average molecular weight is 255 g/mol. The highest BCUT2D eigenvalue weighted by atomic mass is 32.2. The zero-order valence-electron chi connectivity index (χ0n) is 9.67. The number of quaternary nitrogens is 1. The topological polar surface area (TPSA) is 118 Å².